The molecule has 1 aromatic carbocycles. The molecule has 1 aromatic heterocycles. The van der Waals surface area contributed by atoms with Gasteiger partial charge in [0.05, 0.1) is 11.7 Å². The van der Waals surface area contributed by atoms with Crippen molar-refractivity contribution in [2.75, 3.05) is 39.8 Å². The first-order valence-electron chi connectivity index (χ1n) is 8.30. The van der Waals surface area contributed by atoms with Crippen LogP contribution in [0.4, 0.5) is 4.39 Å². The molecule has 0 spiro atoms. The van der Waals surface area contributed by atoms with Crippen molar-refractivity contribution in [3.05, 3.63) is 46.2 Å². The minimum atomic E-state index is -0.253. The summed E-state index contributed by atoms with van der Waals surface area (Å²) in [5.41, 5.74) is 1.64. The van der Waals surface area contributed by atoms with Gasteiger partial charge >= 0.3 is 0 Å². The molecule has 0 bridgehead atoms. The Morgan fingerprint density at radius 1 is 1.28 bits per heavy atom. The van der Waals surface area contributed by atoms with E-state index in [1.807, 2.05) is 0 Å². The van der Waals surface area contributed by atoms with E-state index in [1.165, 1.54) is 12.1 Å². The summed E-state index contributed by atoms with van der Waals surface area (Å²) >= 11 is 1.10. The molecule has 6 nitrogen and oxygen atoms in total. The van der Waals surface area contributed by atoms with Gasteiger partial charge in [0.2, 0.25) is 0 Å². The molecule has 0 radical (unpaired) electrons. The Morgan fingerprint density at radius 2 is 1.96 bits per heavy atom. The lowest BCUT2D eigenvalue weighted by atomic mass is 10.0. The molecular weight excluding hydrogens is 341 g/mol. The second-order valence-electron chi connectivity index (χ2n) is 6.30. The van der Waals surface area contributed by atoms with E-state index < -0.39 is 0 Å². The SMILES string of the molecule is Cc1nnsc1C(=O)NC[C@H](c1ccc(F)cc1)N1CCN(C)CC1. The number of carbonyl (C=O) groups is 1. The summed E-state index contributed by atoms with van der Waals surface area (Å²) in [6.07, 6.45) is 0. The van der Waals surface area contributed by atoms with Gasteiger partial charge in [-0.15, -0.1) is 5.10 Å². The van der Waals surface area contributed by atoms with E-state index in [1.54, 1.807) is 19.1 Å². The zero-order valence-corrected chi connectivity index (χ0v) is 15.2. The largest absolute Gasteiger partial charge is 0.349 e. The lowest BCUT2D eigenvalue weighted by molar-refractivity contribution is 0.0889. The molecule has 1 aliphatic heterocycles. The second-order valence-corrected chi connectivity index (χ2v) is 7.06. The summed E-state index contributed by atoms with van der Waals surface area (Å²) in [6, 6.07) is 6.54. The third kappa shape index (κ3) is 4.39. The van der Waals surface area contributed by atoms with Crippen LogP contribution in [0, 0.1) is 12.7 Å². The number of nitrogens with zero attached hydrogens (tertiary/aromatic N) is 4. The molecule has 0 aliphatic carbocycles. The van der Waals surface area contributed by atoms with Gasteiger partial charge in [-0.25, -0.2) is 4.39 Å². The summed E-state index contributed by atoms with van der Waals surface area (Å²) in [6.45, 7) is 6.01. The average molecular weight is 363 g/mol. The molecule has 1 amide bonds. The fourth-order valence-corrected chi connectivity index (χ4v) is 3.56. The first-order chi connectivity index (χ1) is 12.0. The van der Waals surface area contributed by atoms with E-state index in [0.29, 0.717) is 17.1 Å². The van der Waals surface area contributed by atoms with Gasteiger partial charge in [0.1, 0.15) is 10.7 Å². The number of aryl methyl sites for hydroxylation is 1. The first-order valence-corrected chi connectivity index (χ1v) is 9.07. The van der Waals surface area contributed by atoms with Crippen LogP contribution in [0.25, 0.3) is 0 Å². The van der Waals surface area contributed by atoms with E-state index in [9.17, 15) is 9.18 Å². The summed E-state index contributed by atoms with van der Waals surface area (Å²) < 4.78 is 17.1. The van der Waals surface area contributed by atoms with Crippen molar-refractivity contribution < 1.29 is 9.18 Å². The molecule has 1 N–H and O–H groups in total. The third-order valence-corrected chi connectivity index (χ3v) is 5.37. The maximum atomic E-state index is 13.3. The van der Waals surface area contributed by atoms with Gasteiger partial charge in [-0.3, -0.25) is 9.69 Å². The maximum Gasteiger partial charge on any atom is 0.265 e. The van der Waals surface area contributed by atoms with Crippen LogP contribution < -0.4 is 5.32 Å². The van der Waals surface area contributed by atoms with Crippen LogP contribution in [0.2, 0.25) is 0 Å². The monoisotopic (exact) mass is 363 g/mol. The summed E-state index contributed by atoms with van der Waals surface area (Å²) in [4.78, 5) is 17.5. The molecule has 2 heterocycles. The van der Waals surface area contributed by atoms with E-state index in [0.717, 1.165) is 43.3 Å². The Hall–Kier alpha value is -1.90. The predicted molar refractivity (Wildman–Crippen MR) is 95.2 cm³/mol. The van der Waals surface area contributed by atoms with E-state index in [-0.39, 0.29) is 17.8 Å². The number of hydrogen-bond acceptors (Lipinski definition) is 6. The lowest BCUT2D eigenvalue weighted by Gasteiger charge is -2.38. The molecule has 0 saturated carbocycles. The van der Waals surface area contributed by atoms with Gasteiger partial charge in [-0.1, -0.05) is 16.6 Å². The van der Waals surface area contributed by atoms with Gasteiger partial charge in [0.25, 0.3) is 5.91 Å². The number of piperazine rings is 1. The van der Waals surface area contributed by atoms with Crippen molar-refractivity contribution in [3.8, 4) is 0 Å². The highest BCUT2D eigenvalue weighted by Crippen LogP contribution is 2.22. The maximum absolute atomic E-state index is 13.3. The molecule has 1 aliphatic rings. The van der Waals surface area contributed by atoms with E-state index in [4.69, 9.17) is 0 Å². The van der Waals surface area contributed by atoms with Gasteiger partial charge < -0.3 is 10.2 Å². The predicted octanol–water partition coefficient (Wildman–Crippen LogP) is 1.70. The number of carbonyl (C=O) groups excluding carboxylic acids is 1. The standard InChI is InChI=1S/C17H22FN5OS/c1-12-16(25-21-20-12)17(24)19-11-15(13-3-5-14(18)6-4-13)23-9-7-22(2)8-10-23/h3-6,15H,7-11H2,1-2H3,(H,19,24)/t15-/m1/s1. The number of aromatic nitrogens is 2. The number of amides is 1. The van der Waals surface area contributed by atoms with E-state index >= 15 is 0 Å². The molecule has 134 valence electrons. The molecule has 0 unspecified atom stereocenters. The molecule has 2 aromatic rings. The van der Waals surface area contributed by atoms with E-state index in [2.05, 4.69) is 31.8 Å². The number of likely N-dealkylation sites (N-methyl/N-ethyl adjacent to an activating group) is 1. The Balaban J connectivity index is 1.73. The van der Waals surface area contributed by atoms with Crippen LogP contribution in [-0.4, -0.2) is 65.1 Å². The third-order valence-electron chi connectivity index (χ3n) is 4.55. The van der Waals surface area contributed by atoms with Crippen LogP contribution in [0.3, 0.4) is 0 Å². The Bertz CT molecular complexity index is 712. The van der Waals surface area contributed by atoms with Crippen LogP contribution in [-0.2, 0) is 0 Å². The lowest BCUT2D eigenvalue weighted by Crippen LogP contribution is -2.48. The molecule has 1 fully saturated rings. The second kappa shape index (κ2) is 7.99. The average Bonchev–Trinajstić information content (AvgIpc) is 3.04. The summed E-state index contributed by atoms with van der Waals surface area (Å²) in [5, 5.41) is 6.87. The summed E-state index contributed by atoms with van der Waals surface area (Å²) in [5.74, 6) is -0.412. The van der Waals surface area contributed by atoms with Crippen LogP contribution in [0.1, 0.15) is 27.0 Å². The molecule has 1 atom stereocenters. The Labute approximate surface area is 150 Å². The molecule has 25 heavy (non-hydrogen) atoms. The smallest absolute Gasteiger partial charge is 0.265 e. The molecular formula is C17H22FN5OS. The molecule has 3 rings (SSSR count). The van der Waals surface area contributed by atoms with Crippen molar-refractivity contribution in [2.24, 2.45) is 0 Å². The zero-order valence-electron chi connectivity index (χ0n) is 14.4. The normalized spacial score (nSPS) is 17.4. The van der Waals surface area contributed by atoms with Crippen molar-refractivity contribution in [2.45, 2.75) is 13.0 Å². The topological polar surface area (TPSA) is 61.4 Å². The van der Waals surface area contributed by atoms with Gasteiger partial charge in [0.15, 0.2) is 0 Å². The van der Waals surface area contributed by atoms with Crippen molar-refractivity contribution in [1.29, 1.82) is 0 Å². The number of hydrogen-bond donors (Lipinski definition) is 1. The van der Waals surface area contributed by atoms with Crippen molar-refractivity contribution >= 4 is 17.4 Å². The first kappa shape index (κ1) is 17.9. The van der Waals surface area contributed by atoms with Gasteiger partial charge in [-0.2, -0.15) is 0 Å². The minimum Gasteiger partial charge on any atom is -0.349 e. The number of rotatable bonds is 5. The van der Waals surface area contributed by atoms with Crippen molar-refractivity contribution in [1.82, 2.24) is 24.7 Å². The highest BCUT2D eigenvalue weighted by atomic mass is 32.1. The summed E-state index contributed by atoms with van der Waals surface area (Å²) in [7, 11) is 2.10. The quantitative estimate of drug-likeness (QED) is 0.876. The van der Waals surface area contributed by atoms with Crippen LogP contribution >= 0.6 is 11.5 Å². The Kier molecular flexibility index (Phi) is 5.72. The number of benzene rings is 1. The number of halogens is 1. The highest BCUT2D eigenvalue weighted by molar-refractivity contribution is 7.07. The highest BCUT2D eigenvalue weighted by Gasteiger charge is 2.25. The zero-order chi connectivity index (χ0) is 17.8. The van der Waals surface area contributed by atoms with Gasteiger partial charge in [-0.05, 0) is 43.2 Å². The fourth-order valence-electron chi connectivity index (χ4n) is 2.99. The van der Waals surface area contributed by atoms with Crippen LogP contribution in [0.15, 0.2) is 24.3 Å². The van der Waals surface area contributed by atoms with Gasteiger partial charge in [0, 0.05) is 32.7 Å². The fraction of sp³-hybridized carbons (Fsp3) is 0.471. The minimum absolute atomic E-state index is 0.0134. The van der Waals surface area contributed by atoms with Crippen molar-refractivity contribution in [3.63, 3.8) is 0 Å². The van der Waals surface area contributed by atoms with Crippen LogP contribution in [0.5, 0.6) is 0 Å². The Morgan fingerprint density at radius 3 is 2.56 bits per heavy atom. The number of nitrogens with one attached hydrogen (secondary N) is 1. The molecule has 1 saturated heterocycles. The molecule has 8 heteroatoms.